The number of hydrogen-bond acceptors (Lipinski definition) is 2. The van der Waals surface area contributed by atoms with Crippen LogP contribution >= 0.6 is 0 Å². The average molecular weight is 225 g/mol. The molecule has 0 bridgehead atoms. The normalized spacial score (nSPS) is 37.2. The van der Waals surface area contributed by atoms with Crippen LogP contribution in [0.25, 0.3) is 0 Å². The number of nitrogens with one attached hydrogen (secondary N) is 1. The quantitative estimate of drug-likeness (QED) is 0.758. The minimum Gasteiger partial charge on any atom is -0.480 e. The van der Waals surface area contributed by atoms with Crippen molar-refractivity contribution in [3.8, 4) is 0 Å². The van der Waals surface area contributed by atoms with Crippen LogP contribution in [0.4, 0.5) is 0 Å². The van der Waals surface area contributed by atoms with Crippen LogP contribution in [0.3, 0.4) is 0 Å². The number of carboxylic acid groups (broad SMARTS) is 1. The maximum absolute atomic E-state index is 11.7. The molecule has 1 saturated heterocycles. The van der Waals surface area contributed by atoms with E-state index in [9.17, 15) is 9.90 Å². The molecule has 0 aromatic rings. The topological polar surface area (TPSA) is 49.3 Å². The van der Waals surface area contributed by atoms with Crippen molar-refractivity contribution in [1.29, 1.82) is 0 Å². The van der Waals surface area contributed by atoms with E-state index in [2.05, 4.69) is 12.2 Å². The number of hydrogen-bond donors (Lipinski definition) is 2. The second-order valence-corrected chi connectivity index (χ2v) is 5.64. The Morgan fingerprint density at radius 3 is 2.50 bits per heavy atom. The lowest BCUT2D eigenvalue weighted by Crippen LogP contribution is -2.61. The van der Waals surface area contributed by atoms with Gasteiger partial charge in [0.05, 0.1) is 0 Å². The number of carbonyl (C=O) groups is 1. The summed E-state index contributed by atoms with van der Waals surface area (Å²) in [5, 5.41) is 12.9. The monoisotopic (exact) mass is 225 g/mol. The molecule has 2 fully saturated rings. The van der Waals surface area contributed by atoms with E-state index in [0.717, 1.165) is 32.2 Å². The van der Waals surface area contributed by atoms with Crippen LogP contribution in [0.15, 0.2) is 0 Å². The molecule has 2 aliphatic rings. The van der Waals surface area contributed by atoms with Gasteiger partial charge in [-0.05, 0) is 44.1 Å². The van der Waals surface area contributed by atoms with E-state index in [1.165, 1.54) is 19.3 Å². The lowest BCUT2D eigenvalue weighted by molar-refractivity contribution is -0.150. The van der Waals surface area contributed by atoms with Crippen LogP contribution in [-0.4, -0.2) is 23.2 Å². The van der Waals surface area contributed by atoms with Crippen LogP contribution in [0.1, 0.15) is 51.9 Å². The molecule has 1 saturated carbocycles. The molecule has 0 spiro atoms. The van der Waals surface area contributed by atoms with Gasteiger partial charge < -0.3 is 10.4 Å². The third-order valence-corrected chi connectivity index (χ3v) is 4.43. The summed E-state index contributed by atoms with van der Waals surface area (Å²) in [4.78, 5) is 11.7. The Balaban J connectivity index is 2.16. The molecule has 92 valence electrons. The van der Waals surface area contributed by atoms with Gasteiger partial charge in [-0.25, -0.2) is 0 Å². The highest BCUT2D eigenvalue weighted by molar-refractivity contribution is 5.79. The second-order valence-electron chi connectivity index (χ2n) is 5.64. The predicted octanol–water partition coefficient (Wildman–Crippen LogP) is 2.41. The van der Waals surface area contributed by atoms with Gasteiger partial charge in [0.1, 0.15) is 5.54 Å². The first-order chi connectivity index (χ1) is 7.65. The third-order valence-electron chi connectivity index (χ3n) is 4.43. The van der Waals surface area contributed by atoms with Crippen molar-refractivity contribution in [1.82, 2.24) is 5.32 Å². The molecule has 0 radical (unpaired) electrons. The first-order valence-corrected chi connectivity index (χ1v) is 6.63. The van der Waals surface area contributed by atoms with Crippen LogP contribution in [-0.2, 0) is 4.79 Å². The molecular formula is C13H23NO2. The van der Waals surface area contributed by atoms with Gasteiger partial charge in [-0.2, -0.15) is 0 Å². The highest BCUT2D eigenvalue weighted by atomic mass is 16.4. The highest BCUT2D eigenvalue weighted by Gasteiger charge is 2.47. The van der Waals surface area contributed by atoms with Crippen molar-refractivity contribution in [2.45, 2.75) is 57.4 Å². The van der Waals surface area contributed by atoms with Crippen molar-refractivity contribution >= 4 is 5.97 Å². The van der Waals surface area contributed by atoms with Crippen molar-refractivity contribution in [3.63, 3.8) is 0 Å². The SMILES string of the molecule is CC1CCNC(C(=O)O)(C2CCCCC2)C1. The number of aliphatic carboxylic acids is 1. The zero-order valence-corrected chi connectivity index (χ0v) is 10.2. The van der Waals surface area contributed by atoms with Crippen molar-refractivity contribution in [3.05, 3.63) is 0 Å². The molecular weight excluding hydrogens is 202 g/mol. The molecule has 3 heteroatoms. The van der Waals surface area contributed by atoms with E-state index in [1.54, 1.807) is 0 Å². The Morgan fingerprint density at radius 2 is 1.94 bits per heavy atom. The minimum absolute atomic E-state index is 0.349. The summed E-state index contributed by atoms with van der Waals surface area (Å²) in [7, 11) is 0. The molecule has 2 rings (SSSR count). The molecule has 1 aliphatic heterocycles. The molecule has 2 atom stereocenters. The van der Waals surface area contributed by atoms with Gasteiger partial charge >= 0.3 is 5.97 Å². The number of rotatable bonds is 2. The number of piperidine rings is 1. The van der Waals surface area contributed by atoms with Gasteiger partial charge in [0.2, 0.25) is 0 Å². The predicted molar refractivity (Wildman–Crippen MR) is 63.3 cm³/mol. The molecule has 1 heterocycles. The van der Waals surface area contributed by atoms with Gasteiger partial charge in [-0.3, -0.25) is 4.79 Å². The van der Waals surface area contributed by atoms with Gasteiger partial charge in [0.15, 0.2) is 0 Å². The minimum atomic E-state index is -0.619. The van der Waals surface area contributed by atoms with Gasteiger partial charge in [-0.1, -0.05) is 26.2 Å². The molecule has 0 amide bonds. The lowest BCUT2D eigenvalue weighted by atomic mass is 9.68. The Kier molecular flexibility index (Phi) is 3.53. The first kappa shape index (κ1) is 11.9. The fourth-order valence-corrected chi connectivity index (χ4v) is 3.51. The summed E-state index contributed by atoms with van der Waals surface area (Å²) in [6.45, 7) is 3.05. The van der Waals surface area contributed by atoms with Crippen LogP contribution in [0.2, 0.25) is 0 Å². The standard InChI is InChI=1S/C13H23NO2/c1-10-7-8-14-13(9-10,12(15)16)11-5-3-2-4-6-11/h10-11,14H,2-9H2,1H3,(H,15,16). The summed E-state index contributed by atoms with van der Waals surface area (Å²) in [5.41, 5.74) is -0.613. The maximum atomic E-state index is 11.7. The Hall–Kier alpha value is -0.570. The zero-order chi connectivity index (χ0) is 11.6. The molecule has 2 unspecified atom stereocenters. The highest BCUT2D eigenvalue weighted by Crippen LogP contribution is 2.39. The summed E-state index contributed by atoms with van der Waals surface area (Å²) in [5.74, 6) is 0.270. The Bertz CT molecular complexity index is 261. The van der Waals surface area contributed by atoms with Gasteiger partial charge in [0.25, 0.3) is 0 Å². The lowest BCUT2D eigenvalue weighted by Gasteiger charge is -2.44. The molecule has 0 aromatic heterocycles. The summed E-state index contributed by atoms with van der Waals surface area (Å²) >= 11 is 0. The van der Waals surface area contributed by atoms with E-state index >= 15 is 0 Å². The van der Waals surface area contributed by atoms with Crippen LogP contribution in [0, 0.1) is 11.8 Å². The van der Waals surface area contributed by atoms with Crippen LogP contribution < -0.4 is 5.32 Å². The van der Waals surface area contributed by atoms with Gasteiger partial charge in [0, 0.05) is 0 Å². The Morgan fingerprint density at radius 1 is 1.25 bits per heavy atom. The van der Waals surface area contributed by atoms with E-state index < -0.39 is 11.5 Å². The van der Waals surface area contributed by atoms with Crippen molar-refractivity contribution in [2.75, 3.05) is 6.54 Å². The molecule has 1 aliphatic carbocycles. The molecule has 3 nitrogen and oxygen atoms in total. The second kappa shape index (κ2) is 4.74. The largest absolute Gasteiger partial charge is 0.480 e. The van der Waals surface area contributed by atoms with Crippen molar-refractivity contribution in [2.24, 2.45) is 11.8 Å². The maximum Gasteiger partial charge on any atom is 0.324 e. The van der Waals surface area contributed by atoms with Crippen molar-refractivity contribution < 1.29 is 9.90 Å². The van der Waals surface area contributed by atoms with E-state index in [0.29, 0.717) is 11.8 Å². The van der Waals surface area contributed by atoms with E-state index in [4.69, 9.17) is 0 Å². The smallest absolute Gasteiger partial charge is 0.324 e. The fraction of sp³-hybridized carbons (Fsp3) is 0.923. The average Bonchev–Trinajstić information content (AvgIpc) is 2.30. The van der Waals surface area contributed by atoms with E-state index in [1.807, 2.05) is 0 Å². The Labute approximate surface area is 97.6 Å². The summed E-state index contributed by atoms with van der Waals surface area (Å²) in [6.07, 6.45) is 7.79. The molecule has 2 N–H and O–H groups in total. The zero-order valence-electron chi connectivity index (χ0n) is 10.2. The van der Waals surface area contributed by atoms with Gasteiger partial charge in [-0.15, -0.1) is 0 Å². The van der Waals surface area contributed by atoms with E-state index in [-0.39, 0.29) is 0 Å². The number of carboxylic acids is 1. The van der Waals surface area contributed by atoms with Crippen LogP contribution in [0.5, 0.6) is 0 Å². The summed E-state index contributed by atoms with van der Waals surface area (Å²) in [6, 6.07) is 0. The fourth-order valence-electron chi connectivity index (χ4n) is 3.51. The molecule has 0 aromatic carbocycles. The summed E-state index contributed by atoms with van der Waals surface area (Å²) < 4.78 is 0. The third kappa shape index (κ3) is 2.10. The first-order valence-electron chi connectivity index (χ1n) is 6.63. The molecule has 16 heavy (non-hydrogen) atoms.